The molecule has 2 aromatic rings. The Labute approximate surface area is 119 Å². The van der Waals surface area contributed by atoms with Crippen LogP contribution in [-0.2, 0) is 4.79 Å². The van der Waals surface area contributed by atoms with Gasteiger partial charge in [0, 0.05) is 5.69 Å². The number of thiophene rings is 1. The lowest BCUT2D eigenvalue weighted by Gasteiger charge is -2.14. The quantitative estimate of drug-likeness (QED) is 0.908. The number of hydrogen-bond acceptors (Lipinski definition) is 4. The summed E-state index contributed by atoms with van der Waals surface area (Å²) < 4.78 is 12.8. The zero-order chi connectivity index (χ0) is 14.5. The molecule has 0 unspecified atom stereocenters. The Morgan fingerprint density at radius 1 is 1.35 bits per heavy atom. The lowest BCUT2D eigenvalue weighted by atomic mass is 10.2. The maximum Gasteiger partial charge on any atom is 0.247 e. The van der Waals surface area contributed by atoms with Gasteiger partial charge in [-0.2, -0.15) is 5.26 Å². The summed E-state index contributed by atoms with van der Waals surface area (Å²) in [7, 11) is 0. The molecular formula is C14H12FN3OS. The van der Waals surface area contributed by atoms with Crippen LogP contribution in [0.3, 0.4) is 0 Å². The van der Waals surface area contributed by atoms with Gasteiger partial charge in [0.25, 0.3) is 0 Å². The predicted molar refractivity (Wildman–Crippen MR) is 77.1 cm³/mol. The van der Waals surface area contributed by atoms with E-state index in [-0.39, 0.29) is 11.7 Å². The number of nitrogens with zero attached hydrogens (tertiary/aromatic N) is 1. The van der Waals surface area contributed by atoms with E-state index in [1.165, 1.54) is 23.5 Å². The molecular weight excluding hydrogens is 277 g/mol. The number of nitrogens with one attached hydrogen (secondary N) is 2. The Morgan fingerprint density at radius 2 is 2.05 bits per heavy atom. The van der Waals surface area contributed by atoms with E-state index in [9.17, 15) is 9.18 Å². The third-order valence-corrected chi connectivity index (χ3v) is 3.47. The van der Waals surface area contributed by atoms with Gasteiger partial charge in [0.1, 0.15) is 22.9 Å². The van der Waals surface area contributed by atoms with Crippen LogP contribution >= 0.6 is 11.3 Å². The van der Waals surface area contributed by atoms with Crippen LogP contribution in [0.15, 0.2) is 35.7 Å². The molecule has 2 N–H and O–H groups in total. The van der Waals surface area contributed by atoms with Crippen molar-refractivity contribution >= 4 is 27.9 Å². The van der Waals surface area contributed by atoms with Crippen molar-refractivity contribution in [1.29, 1.82) is 5.26 Å². The van der Waals surface area contributed by atoms with Crippen molar-refractivity contribution < 1.29 is 9.18 Å². The number of carbonyl (C=O) groups excluding carboxylic acids is 1. The highest BCUT2D eigenvalue weighted by Gasteiger charge is 2.15. The van der Waals surface area contributed by atoms with E-state index in [1.54, 1.807) is 30.5 Å². The summed E-state index contributed by atoms with van der Waals surface area (Å²) in [6, 6.07) is 8.91. The summed E-state index contributed by atoms with van der Waals surface area (Å²) in [5.41, 5.74) is 1.10. The second kappa shape index (κ2) is 6.17. The summed E-state index contributed by atoms with van der Waals surface area (Å²) >= 11 is 1.30. The van der Waals surface area contributed by atoms with E-state index >= 15 is 0 Å². The van der Waals surface area contributed by atoms with Crippen molar-refractivity contribution in [3.63, 3.8) is 0 Å². The van der Waals surface area contributed by atoms with Gasteiger partial charge in [-0.1, -0.05) is 0 Å². The highest BCUT2D eigenvalue weighted by atomic mass is 32.1. The van der Waals surface area contributed by atoms with Crippen LogP contribution in [0.25, 0.3) is 0 Å². The fourth-order valence-electron chi connectivity index (χ4n) is 1.58. The minimum atomic E-state index is -0.505. The summed E-state index contributed by atoms with van der Waals surface area (Å²) in [6.07, 6.45) is 0. The molecule has 102 valence electrons. The lowest BCUT2D eigenvalue weighted by molar-refractivity contribution is -0.116. The number of hydrogen-bond donors (Lipinski definition) is 2. The predicted octanol–water partition coefficient (Wildman–Crippen LogP) is 3.20. The smallest absolute Gasteiger partial charge is 0.247 e. The van der Waals surface area contributed by atoms with Gasteiger partial charge in [-0.15, -0.1) is 11.3 Å². The first kappa shape index (κ1) is 14.0. The highest BCUT2D eigenvalue weighted by molar-refractivity contribution is 7.14. The standard InChI is InChI=1S/C14H12FN3OS/c1-9(17-12-4-2-11(15)3-5-12)13(19)18-14-10(8-16)6-7-20-14/h2-7,9,17H,1H3,(H,18,19)/t9-/m1/s1. The van der Waals surface area contributed by atoms with E-state index in [0.29, 0.717) is 16.3 Å². The van der Waals surface area contributed by atoms with E-state index in [4.69, 9.17) is 5.26 Å². The molecule has 1 aromatic heterocycles. The van der Waals surface area contributed by atoms with Gasteiger partial charge in [0.05, 0.1) is 5.56 Å². The van der Waals surface area contributed by atoms with Crippen molar-refractivity contribution in [1.82, 2.24) is 0 Å². The second-order valence-electron chi connectivity index (χ2n) is 4.14. The number of nitriles is 1. The van der Waals surface area contributed by atoms with Gasteiger partial charge in [0.2, 0.25) is 5.91 Å². The third kappa shape index (κ3) is 3.33. The van der Waals surface area contributed by atoms with Crippen molar-refractivity contribution in [2.45, 2.75) is 13.0 Å². The molecule has 1 amide bonds. The van der Waals surface area contributed by atoms with E-state index in [1.807, 2.05) is 6.07 Å². The molecule has 0 bridgehead atoms. The molecule has 0 spiro atoms. The fourth-order valence-corrected chi connectivity index (χ4v) is 2.32. The maximum atomic E-state index is 12.8. The Hall–Kier alpha value is -2.39. The van der Waals surface area contributed by atoms with Crippen molar-refractivity contribution in [2.24, 2.45) is 0 Å². The second-order valence-corrected chi connectivity index (χ2v) is 5.05. The van der Waals surface area contributed by atoms with Crippen molar-refractivity contribution in [3.8, 4) is 6.07 Å². The minimum absolute atomic E-state index is 0.256. The molecule has 0 radical (unpaired) electrons. The fraction of sp³-hybridized carbons (Fsp3) is 0.143. The van der Waals surface area contributed by atoms with E-state index in [2.05, 4.69) is 10.6 Å². The molecule has 0 aliphatic carbocycles. The molecule has 0 saturated carbocycles. The Balaban J connectivity index is 1.99. The molecule has 1 heterocycles. The molecule has 4 nitrogen and oxygen atoms in total. The molecule has 1 aromatic carbocycles. The summed E-state index contributed by atoms with van der Waals surface area (Å²) in [5, 5.41) is 16.8. The Kier molecular flexibility index (Phi) is 4.33. The first-order valence-corrected chi connectivity index (χ1v) is 6.78. The summed E-state index contributed by atoms with van der Waals surface area (Å²) in [5.74, 6) is -0.585. The van der Waals surface area contributed by atoms with Crippen LogP contribution in [-0.4, -0.2) is 11.9 Å². The van der Waals surface area contributed by atoms with Crippen LogP contribution in [0.1, 0.15) is 12.5 Å². The summed E-state index contributed by atoms with van der Waals surface area (Å²) in [6.45, 7) is 1.69. The van der Waals surface area contributed by atoms with Crippen LogP contribution in [0.5, 0.6) is 0 Å². The number of benzene rings is 1. The number of halogens is 1. The zero-order valence-electron chi connectivity index (χ0n) is 10.7. The van der Waals surface area contributed by atoms with Crippen LogP contribution < -0.4 is 10.6 Å². The average Bonchev–Trinajstić information content (AvgIpc) is 2.88. The van der Waals surface area contributed by atoms with Gasteiger partial charge >= 0.3 is 0 Å². The SMILES string of the molecule is C[C@@H](Nc1ccc(F)cc1)C(=O)Nc1sccc1C#N. The first-order valence-electron chi connectivity index (χ1n) is 5.90. The van der Waals surface area contributed by atoms with Crippen LogP contribution in [0.2, 0.25) is 0 Å². The number of amides is 1. The minimum Gasteiger partial charge on any atom is -0.374 e. The van der Waals surface area contributed by atoms with Crippen LogP contribution in [0.4, 0.5) is 15.1 Å². The number of rotatable bonds is 4. The first-order chi connectivity index (χ1) is 9.60. The molecule has 20 heavy (non-hydrogen) atoms. The van der Waals surface area contributed by atoms with Gasteiger partial charge in [-0.05, 0) is 42.6 Å². The Bertz CT molecular complexity index is 645. The van der Waals surface area contributed by atoms with E-state index in [0.717, 1.165) is 0 Å². The Morgan fingerprint density at radius 3 is 2.70 bits per heavy atom. The molecule has 2 rings (SSSR count). The van der Waals surface area contributed by atoms with E-state index < -0.39 is 6.04 Å². The van der Waals surface area contributed by atoms with Gasteiger partial charge in [0.15, 0.2) is 0 Å². The molecule has 0 aliphatic rings. The topological polar surface area (TPSA) is 64.9 Å². The number of carbonyl (C=O) groups is 1. The van der Waals surface area contributed by atoms with Gasteiger partial charge in [-0.25, -0.2) is 4.39 Å². The average molecular weight is 289 g/mol. The molecule has 0 aliphatic heterocycles. The molecule has 0 saturated heterocycles. The molecule has 1 atom stereocenters. The summed E-state index contributed by atoms with van der Waals surface area (Å²) in [4.78, 5) is 12.0. The largest absolute Gasteiger partial charge is 0.374 e. The highest BCUT2D eigenvalue weighted by Crippen LogP contribution is 2.22. The van der Waals surface area contributed by atoms with Gasteiger partial charge < -0.3 is 10.6 Å². The monoisotopic (exact) mass is 289 g/mol. The third-order valence-electron chi connectivity index (χ3n) is 2.64. The van der Waals surface area contributed by atoms with Crippen molar-refractivity contribution in [2.75, 3.05) is 10.6 Å². The molecule has 6 heteroatoms. The molecule has 0 fully saturated rings. The zero-order valence-corrected chi connectivity index (χ0v) is 11.5. The van der Waals surface area contributed by atoms with Crippen molar-refractivity contribution in [3.05, 3.63) is 47.1 Å². The number of anilines is 2. The van der Waals surface area contributed by atoms with Gasteiger partial charge in [-0.3, -0.25) is 4.79 Å². The maximum absolute atomic E-state index is 12.8. The lowest BCUT2D eigenvalue weighted by Crippen LogP contribution is -2.31. The van der Waals surface area contributed by atoms with Crippen LogP contribution in [0, 0.1) is 17.1 Å². The normalized spacial score (nSPS) is 11.4.